The standard InChI is InChI=1S/C30H30N4O4/c1-20(2)38-15-9-14-33-29(35)26(21(3)27(18-31)30(33)36)17-23-19-34(24-11-6-5-7-12-24)32-28(23)22-10-8-13-25(16-22)37-4/h5-8,10-13,16-17,19-20H,9,14-15H2,1-4H3/b26-17+. The highest BCUT2D eigenvalue weighted by molar-refractivity contribution is 6.19. The number of nitriles is 1. The molecule has 2 aromatic carbocycles. The first kappa shape index (κ1) is 26.6. The number of nitrogens with zero attached hydrogens (tertiary/aromatic N) is 4. The van der Waals surface area contributed by atoms with E-state index < -0.39 is 11.8 Å². The Labute approximate surface area is 222 Å². The monoisotopic (exact) mass is 510 g/mol. The maximum atomic E-state index is 13.6. The molecule has 38 heavy (non-hydrogen) atoms. The molecule has 1 aromatic heterocycles. The van der Waals surface area contributed by atoms with Gasteiger partial charge in [0.15, 0.2) is 0 Å². The number of hydrogen-bond acceptors (Lipinski definition) is 6. The predicted molar refractivity (Wildman–Crippen MR) is 144 cm³/mol. The first-order valence-electron chi connectivity index (χ1n) is 12.4. The quantitative estimate of drug-likeness (QED) is 0.229. The third kappa shape index (κ3) is 5.58. The van der Waals surface area contributed by atoms with Crippen molar-refractivity contribution in [3.8, 4) is 28.8 Å². The summed E-state index contributed by atoms with van der Waals surface area (Å²) in [4.78, 5) is 27.7. The van der Waals surface area contributed by atoms with Gasteiger partial charge in [0.25, 0.3) is 11.8 Å². The molecule has 194 valence electrons. The first-order chi connectivity index (χ1) is 18.3. The molecule has 8 heteroatoms. The van der Waals surface area contributed by atoms with Crippen LogP contribution in [0.1, 0.15) is 32.8 Å². The van der Waals surface area contributed by atoms with Crippen LogP contribution in [0.3, 0.4) is 0 Å². The van der Waals surface area contributed by atoms with Crippen LogP contribution in [0.5, 0.6) is 5.75 Å². The number of methoxy groups -OCH3 is 1. The van der Waals surface area contributed by atoms with Gasteiger partial charge in [0.05, 0.1) is 18.9 Å². The molecule has 0 spiro atoms. The molecule has 8 nitrogen and oxygen atoms in total. The molecular weight excluding hydrogens is 480 g/mol. The van der Waals surface area contributed by atoms with Crippen molar-refractivity contribution >= 4 is 17.9 Å². The van der Waals surface area contributed by atoms with Crippen LogP contribution in [-0.2, 0) is 14.3 Å². The average Bonchev–Trinajstić information content (AvgIpc) is 3.35. The van der Waals surface area contributed by atoms with Crippen molar-refractivity contribution in [3.05, 3.63) is 83.1 Å². The number of carbonyl (C=O) groups excluding carboxylic acids is 2. The Morgan fingerprint density at radius 3 is 2.53 bits per heavy atom. The van der Waals surface area contributed by atoms with E-state index in [4.69, 9.17) is 14.6 Å². The van der Waals surface area contributed by atoms with Crippen LogP contribution < -0.4 is 4.74 Å². The van der Waals surface area contributed by atoms with Gasteiger partial charge in [0.1, 0.15) is 23.1 Å². The van der Waals surface area contributed by atoms with E-state index in [1.807, 2.05) is 80.7 Å². The Bertz CT molecular complexity index is 1440. The largest absolute Gasteiger partial charge is 0.497 e. The molecule has 1 aliphatic heterocycles. The molecule has 0 N–H and O–H groups in total. The van der Waals surface area contributed by atoms with Crippen molar-refractivity contribution in [2.75, 3.05) is 20.3 Å². The topological polar surface area (TPSA) is 97.4 Å². The molecular formula is C30H30N4O4. The van der Waals surface area contributed by atoms with Crippen LogP contribution >= 0.6 is 0 Å². The van der Waals surface area contributed by atoms with Gasteiger partial charge in [-0.2, -0.15) is 10.4 Å². The van der Waals surface area contributed by atoms with Gasteiger partial charge in [-0.3, -0.25) is 14.5 Å². The SMILES string of the molecule is COc1cccc(-c2nn(-c3ccccc3)cc2/C=C2/C(=O)N(CCCOC(C)C)C(=O)C(C#N)=C2C)c1. The fourth-order valence-electron chi connectivity index (χ4n) is 4.23. The molecule has 0 unspecified atom stereocenters. The Morgan fingerprint density at radius 2 is 1.84 bits per heavy atom. The second kappa shape index (κ2) is 11.7. The number of rotatable bonds is 9. The fourth-order valence-corrected chi connectivity index (χ4v) is 4.23. The fraction of sp³-hybridized carbons (Fsp3) is 0.267. The summed E-state index contributed by atoms with van der Waals surface area (Å²) in [5.41, 5.74) is 3.54. The Morgan fingerprint density at radius 1 is 1.08 bits per heavy atom. The number of hydrogen-bond donors (Lipinski definition) is 0. The molecule has 3 aromatic rings. The highest BCUT2D eigenvalue weighted by Gasteiger charge is 2.35. The molecule has 0 saturated carbocycles. The number of imide groups is 1. The van der Waals surface area contributed by atoms with E-state index in [1.165, 1.54) is 0 Å². The molecule has 4 rings (SSSR count). The second-order valence-electron chi connectivity index (χ2n) is 9.15. The smallest absolute Gasteiger partial charge is 0.271 e. The van der Waals surface area contributed by atoms with Gasteiger partial charge >= 0.3 is 0 Å². The summed E-state index contributed by atoms with van der Waals surface area (Å²) in [6.45, 7) is 6.04. The summed E-state index contributed by atoms with van der Waals surface area (Å²) >= 11 is 0. The van der Waals surface area contributed by atoms with Crippen LogP contribution in [0.4, 0.5) is 0 Å². The molecule has 0 radical (unpaired) electrons. The van der Waals surface area contributed by atoms with Gasteiger partial charge < -0.3 is 9.47 Å². The van der Waals surface area contributed by atoms with Crippen LogP contribution in [0.2, 0.25) is 0 Å². The maximum absolute atomic E-state index is 13.6. The van der Waals surface area contributed by atoms with Crippen molar-refractivity contribution in [1.29, 1.82) is 5.26 Å². The van der Waals surface area contributed by atoms with Crippen molar-refractivity contribution < 1.29 is 19.1 Å². The zero-order chi connectivity index (χ0) is 27.2. The third-order valence-electron chi connectivity index (χ3n) is 6.21. The minimum absolute atomic E-state index is 0.0426. The average molecular weight is 511 g/mol. The maximum Gasteiger partial charge on any atom is 0.271 e. The van der Waals surface area contributed by atoms with Gasteiger partial charge in [-0.25, -0.2) is 4.68 Å². The van der Waals surface area contributed by atoms with Gasteiger partial charge in [0.2, 0.25) is 0 Å². The van der Waals surface area contributed by atoms with Gasteiger partial charge in [0, 0.05) is 36.0 Å². The molecule has 1 aliphatic rings. The molecule has 0 saturated heterocycles. The van der Waals surface area contributed by atoms with Crippen molar-refractivity contribution in [3.63, 3.8) is 0 Å². The van der Waals surface area contributed by atoms with Crippen molar-refractivity contribution in [2.24, 2.45) is 0 Å². The molecule has 0 aliphatic carbocycles. The Kier molecular flexibility index (Phi) is 8.19. The lowest BCUT2D eigenvalue weighted by Crippen LogP contribution is -2.43. The minimum Gasteiger partial charge on any atom is -0.497 e. The summed E-state index contributed by atoms with van der Waals surface area (Å²) in [5.74, 6) is -0.350. The normalized spacial score (nSPS) is 14.9. The highest BCUT2D eigenvalue weighted by Crippen LogP contribution is 2.32. The lowest BCUT2D eigenvalue weighted by molar-refractivity contribution is -0.140. The second-order valence-corrected chi connectivity index (χ2v) is 9.15. The van der Waals surface area contributed by atoms with Crippen LogP contribution in [0.15, 0.2) is 77.5 Å². The Balaban J connectivity index is 1.81. The third-order valence-corrected chi connectivity index (χ3v) is 6.21. The lowest BCUT2D eigenvalue weighted by atomic mass is 9.93. The van der Waals surface area contributed by atoms with Crippen LogP contribution in [-0.4, -0.2) is 52.9 Å². The number of ether oxygens (including phenoxy) is 2. The van der Waals surface area contributed by atoms with Crippen molar-refractivity contribution in [1.82, 2.24) is 14.7 Å². The van der Waals surface area contributed by atoms with E-state index in [1.54, 1.807) is 24.8 Å². The number of amides is 2. The summed E-state index contributed by atoms with van der Waals surface area (Å²) in [6.07, 6.45) is 4.06. The van der Waals surface area contributed by atoms with E-state index in [0.29, 0.717) is 35.6 Å². The van der Waals surface area contributed by atoms with Gasteiger partial charge in [-0.15, -0.1) is 0 Å². The number of carbonyl (C=O) groups is 2. The summed E-state index contributed by atoms with van der Waals surface area (Å²) < 4.78 is 12.7. The molecule has 0 atom stereocenters. The summed E-state index contributed by atoms with van der Waals surface area (Å²) in [5, 5.41) is 14.6. The molecule has 2 amide bonds. The number of benzene rings is 2. The first-order valence-corrected chi connectivity index (χ1v) is 12.4. The molecule has 0 fully saturated rings. The van der Waals surface area contributed by atoms with E-state index in [2.05, 4.69) is 0 Å². The lowest BCUT2D eigenvalue weighted by Gasteiger charge is -2.27. The van der Waals surface area contributed by atoms with Crippen molar-refractivity contribution in [2.45, 2.75) is 33.3 Å². The van der Waals surface area contributed by atoms with Gasteiger partial charge in [-0.1, -0.05) is 30.3 Å². The van der Waals surface area contributed by atoms with Crippen LogP contribution in [0, 0.1) is 11.3 Å². The van der Waals surface area contributed by atoms with E-state index in [-0.39, 0.29) is 23.8 Å². The predicted octanol–water partition coefficient (Wildman–Crippen LogP) is 4.96. The van der Waals surface area contributed by atoms with Crippen LogP contribution in [0.25, 0.3) is 23.0 Å². The van der Waals surface area contributed by atoms with E-state index >= 15 is 0 Å². The summed E-state index contributed by atoms with van der Waals surface area (Å²) in [6, 6.07) is 19.1. The van der Waals surface area contributed by atoms with Gasteiger partial charge in [-0.05, 0) is 63.1 Å². The number of para-hydroxylation sites is 1. The zero-order valence-electron chi connectivity index (χ0n) is 22.0. The summed E-state index contributed by atoms with van der Waals surface area (Å²) in [7, 11) is 1.60. The highest BCUT2D eigenvalue weighted by atomic mass is 16.5. The minimum atomic E-state index is -0.579. The van der Waals surface area contributed by atoms with E-state index in [0.717, 1.165) is 16.2 Å². The Hall–Kier alpha value is -4.48. The van der Waals surface area contributed by atoms with E-state index in [9.17, 15) is 14.9 Å². The zero-order valence-corrected chi connectivity index (χ0v) is 22.0. The number of aromatic nitrogens is 2. The molecule has 2 heterocycles. The molecule has 0 bridgehead atoms.